The van der Waals surface area contributed by atoms with Crippen molar-refractivity contribution in [1.29, 1.82) is 0 Å². The van der Waals surface area contributed by atoms with E-state index in [1.165, 1.54) is 24.2 Å². The molecular formula is C25H34N6O4S2. The molecule has 2 saturated carbocycles. The number of fused-ring (bicyclic) bond motifs is 1. The fourth-order valence-electron chi connectivity index (χ4n) is 5.25. The minimum Gasteiger partial charge on any atom is -0.390 e. The summed E-state index contributed by atoms with van der Waals surface area (Å²) in [6, 6.07) is 1.66. The van der Waals surface area contributed by atoms with Gasteiger partial charge < -0.3 is 20.8 Å². The summed E-state index contributed by atoms with van der Waals surface area (Å²) in [5.41, 5.74) is 4.03. The number of nitrogens with zero attached hydrogens (tertiary/aromatic N) is 4. The van der Waals surface area contributed by atoms with Gasteiger partial charge in [-0.25, -0.2) is 18.4 Å². The molecule has 3 aromatic rings. The third kappa shape index (κ3) is 5.57. The molecule has 5 atom stereocenters. The molecule has 2 aliphatic carbocycles. The summed E-state index contributed by atoms with van der Waals surface area (Å²) in [4.78, 5) is 18.9. The van der Waals surface area contributed by atoms with Crippen LogP contribution in [0.2, 0.25) is 0 Å². The van der Waals surface area contributed by atoms with Gasteiger partial charge in [-0.15, -0.1) is 11.3 Å². The van der Waals surface area contributed by atoms with Crippen LogP contribution in [0.15, 0.2) is 6.07 Å². The standard InChI is InChI=1S/C25H34N6O4S2/c1-11-8-18-20(14(4)26-11)30-24(36-18)19-13(3)28-25(27-12(2)15-6-7-15)31-23(19)29-17-9-16(10-37(5,34)35)21(32)22(17)33/h8,12,15-17,21-22,32-33H,6-7,9-10H2,1-5H3,(H2,27,28,29,31). The van der Waals surface area contributed by atoms with Crippen LogP contribution >= 0.6 is 11.3 Å². The number of aromatic nitrogens is 4. The van der Waals surface area contributed by atoms with Gasteiger partial charge in [0.2, 0.25) is 5.95 Å². The molecule has 0 spiro atoms. The topological polar surface area (TPSA) is 150 Å². The van der Waals surface area contributed by atoms with Gasteiger partial charge in [0.1, 0.15) is 32.3 Å². The number of nitrogens with one attached hydrogen (secondary N) is 2. The number of aryl methyl sites for hydroxylation is 3. The zero-order chi connectivity index (χ0) is 26.6. The summed E-state index contributed by atoms with van der Waals surface area (Å²) in [5, 5.41) is 28.9. The van der Waals surface area contributed by atoms with Gasteiger partial charge in [-0.3, -0.25) is 4.98 Å². The Morgan fingerprint density at radius 1 is 1.08 bits per heavy atom. The Balaban J connectivity index is 1.54. The van der Waals surface area contributed by atoms with Crippen molar-refractivity contribution >= 4 is 43.2 Å². The van der Waals surface area contributed by atoms with E-state index in [9.17, 15) is 18.6 Å². The quantitative estimate of drug-likeness (QED) is 0.332. The number of thiazole rings is 1. The average Bonchev–Trinajstić information content (AvgIpc) is 3.51. The van der Waals surface area contributed by atoms with Crippen LogP contribution in [0.25, 0.3) is 20.8 Å². The number of rotatable bonds is 8. The largest absolute Gasteiger partial charge is 0.390 e. The molecule has 4 N–H and O–H groups in total. The van der Waals surface area contributed by atoms with Crippen LogP contribution in [0, 0.1) is 32.6 Å². The summed E-state index contributed by atoms with van der Waals surface area (Å²) in [5.74, 6) is 0.829. The van der Waals surface area contributed by atoms with Crippen LogP contribution in [-0.4, -0.2) is 74.9 Å². The van der Waals surface area contributed by atoms with Crippen LogP contribution in [0.3, 0.4) is 0 Å². The first kappa shape index (κ1) is 26.2. The Morgan fingerprint density at radius 2 is 1.81 bits per heavy atom. The van der Waals surface area contributed by atoms with E-state index in [1.54, 1.807) is 0 Å². The van der Waals surface area contributed by atoms with Crippen molar-refractivity contribution in [3.8, 4) is 10.6 Å². The lowest BCUT2D eigenvalue weighted by molar-refractivity contribution is 0.0216. The maximum Gasteiger partial charge on any atom is 0.225 e. The predicted octanol–water partition coefficient (Wildman–Crippen LogP) is 2.85. The third-order valence-corrected chi connectivity index (χ3v) is 9.36. The summed E-state index contributed by atoms with van der Waals surface area (Å²) >= 11 is 1.53. The first-order chi connectivity index (χ1) is 17.4. The molecule has 0 amide bonds. The van der Waals surface area contributed by atoms with Gasteiger partial charge in [-0.2, -0.15) is 4.98 Å². The first-order valence-electron chi connectivity index (χ1n) is 12.6. The molecule has 37 heavy (non-hydrogen) atoms. The van der Waals surface area contributed by atoms with Gasteiger partial charge in [0.15, 0.2) is 0 Å². The van der Waals surface area contributed by atoms with Gasteiger partial charge in [-0.05, 0) is 58.9 Å². The highest BCUT2D eigenvalue weighted by molar-refractivity contribution is 7.90. The maximum absolute atomic E-state index is 11.9. The molecule has 3 aromatic heterocycles. The van der Waals surface area contributed by atoms with E-state index in [0.717, 1.165) is 44.1 Å². The lowest BCUT2D eigenvalue weighted by Gasteiger charge is -2.22. The normalized spacial score (nSPS) is 24.9. The van der Waals surface area contributed by atoms with E-state index in [0.29, 0.717) is 24.1 Å². The Kier molecular flexibility index (Phi) is 6.88. The number of hydrogen-bond acceptors (Lipinski definition) is 11. The average molecular weight is 547 g/mol. The minimum atomic E-state index is -3.31. The summed E-state index contributed by atoms with van der Waals surface area (Å²) in [7, 11) is -3.31. The van der Waals surface area contributed by atoms with Crippen molar-refractivity contribution in [3.63, 3.8) is 0 Å². The van der Waals surface area contributed by atoms with Crippen LogP contribution in [0.4, 0.5) is 11.8 Å². The van der Waals surface area contributed by atoms with Crippen molar-refractivity contribution in [2.75, 3.05) is 22.6 Å². The summed E-state index contributed by atoms with van der Waals surface area (Å²) < 4.78 is 24.8. The summed E-state index contributed by atoms with van der Waals surface area (Å²) in [6.07, 6.45) is 1.52. The summed E-state index contributed by atoms with van der Waals surface area (Å²) in [6.45, 7) is 7.92. The van der Waals surface area contributed by atoms with E-state index >= 15 is 0 Å². The molecule has 0 radical (unpaired) electrons. The minimum absolute atomic E-state index is 0.186. The zero-order valence-corrected chi connectivity index (χ0v) is 23.3. The molecule has 2 fully saturated rings. The lowest BCUT2D eigenvalue weighted by Crippen LogP contribution is -2.36. The number of aliphatic hydroxyl groups excluding tert-OH is 2. The molecule has 5 unspecified atom stereocenters. The highest BCUT2D eigenvalue weighted by Crippen LogP contribution is 2.39. The Morgan fingerprint density at radius 3 is 2.49 bits per heavy atom. The second-order valence-corrected chi connectivity index (χ2v) is 13.9. The molecule has 12 heteroatoms. The molecule has 2 aliphatic rings. The van der Waals surface area contributed by atoms with Crippen LogP contribution in [0.1, 0.15) is 43.3 Å². The SMILES string of the molecule is Cc1cc2sc(-c3c(C)nc(NC(C)C4CC4)nc3NC3CC(CS(C)(=O)=O)C(O)C3O)nc2c(C)n1. The van der Waals surface area contributed by atoms with E-state index in [-0.39, 0.29) is 11.8 Å². The van der Waals surface area contributed by atoms with Crippen LogP contribution in [-0.2, 0) is 9.84 Å². The molecule has 10 nitrogen and oxygen atoms in total. The maximum atomic E-state index is 11.9. The number of aliphatic hydroxyl groups is 2. The van der Waals surface area contributed by atoms with Gasteiger partial charge in [0.05, 0.1) is 39.5 Å². The second-order valence-electron chi connectivity index (χ2n) is 10.7. The van der Waals surface area contributed by atoms with E-state index < -0.39 is 34.0 Å². The lowest BCUT2D eigenvalue weighted by atomic mass is 10.1. The Hall–Kier alpha value is -2.41. The molecule has 200 valence electrons. The molecular weight excluding hydrogens is 512 g/mol. The fourth-order valence-corrected chi connectivity index (χ4v) is 7.57. The number of anilines is 2. The van der Waals surface area contributed by atoms with Crippen LogP contribution in [0.5, 0.6) is 0 Å². The van der Waals surface area contributed by atoms with Gasteiger partial charge in [0.25, 0.3) is 0 Å². The van der Waals surface area contributed by atoms with Crippen molar-refractivity contribution in [1.82, 2.24) is 19.9 Å². The highest BCUT2D eigenvalue weighted by Gasteiger charge is 2.43. The van der Waals surface area contributed by atoms with Gasteiger partial charge in [-0.1, -0.05) is 0 Å². The zero-order valence-electron chi connectivity index (χ0n) is 21.7. The molecule has 0 aromatic carbocycles. The van der Waals surface area contributed by atoms with Crippen molar-refractivity contribution in [3.05, 3.63) is 23.1 Å². The van der Waals surface area contributed by atoms with E-state index in [2.05, 4.69) is 22.5 Å². The molecule has 3 heterocycles. The number of pyridine rings is 1. The van der Waals surface area contributed by atoms with E-state index in [4.69, 9.17) is 15.0 Å². The molecule has 0 saturated heterocycles. The highest BCUT2D eigenvalue weighted by atomic mass is 32.2. The van der Waals surface area contributed by atoms with Crippen LogP contribution < -0.4 is 10.6 Å². The van der Waals surface area contributed by atoms with Crippen molar-refractivity contribution in [2.45, 2.75) is 71.2 Å². The fraction of sp³-hybridized carbons (Fsp3) is 0.600. The van der Waals surface area contributed by atoms with Crippen molar-refractivity contribution < 1.29 is 18.6 Å². The van der Waals surface area contributed by atoms with E-state index in [1.807, 2.05) is 26.8 Å². The molecule has 0 bridgehead atoms. The Labute approximate surface area is 220 Å². The monoisotopic (exact) mass is 546 g/mol. The smallest absolute Gasteiger partial charge is 0.225 e. The van der Waals surface area contributed by atoms with Gasteiger partial charge in [0, 0.05) is 23.9 Å². The number of sulfone groups is 1. The third-order valence-electron chi connectivity index (χ3n) is 7.31. The molecule has 5 rings (SSSR count). The second kappa shape index (κ2) is 9.72. The van der Waals surface area contributed by atoms with Crippen molar-refractivity contribution in [2.24, 2.45) is 11.8 Å². The van der Waals surface area contributed by atoms with Gasteiger partial charge >= 0.3 is 0 Å². The predicted molar refractivity (Wildman–Crippen MR) is 146 cm³/mol. The number of hydrogen-bond donors (Lipinski definition) is 4. The Bertz CT molecular complexity index is 1440. The molecule has 0 aliphatic heterocycles. The first-order valence-corrected chi connectivity index (χ1v) is 15.5.